The molecule has 0 unspecified atom stereocenters. The standard InChI is InChI=1S/C29H27F3O11S/c1-14-10-17(33)21-18(11-14)42-24-16(22(21)34)12-20(44-24)27(38,25(36)40-3)13-19(23(35)39-2)43-26(37)28(41-4,29(30,31)32)15-8-6-5-7-9-15/h5-11,19-20,33,38H,12-13H2,1-4H3/t19-,20-,27-,28+/m1/s1. The predicted molar refractivity (Wildman–Crippen MR) is 147 cm³/mol. The highest BCUT2D eigenvalue weighted by Crippen LogP contribution is 2.46. The number of benzene rings is 2. The van der Waals surface area contributed by atoms with Gasteiger partial charge >= 0.3 is 24.1 Å². The molecule has 3 aromatic rings. The van der Waals surface area contributed by atoms with Crippen LogP contribution in [0.3, 0.4) is 0 Å². The Balaban J connectivity index is 1.74. The fourth-order valence-corrected chi connectivity index (χ4v) is 6.40. The molecule has 0 fully saturated rings. The van der Waals surface area contributed by atoms with E-state index < -0.39 is 64.1 Å². The van der Waals surface area contributed by atoms with E-state index in [0.717, 1.165) is 38.1 Å². The average Bonchev–Trinajstić information content (AvgIpc) is 3.41. The summed E-state index contributed by atoms with van der Waals surface area (Å²) in [4.78, 5) is 52.3. The van der Waals surface area contributed by atoms with E-state index in [1.165, 1.54) is 30.3 Å². The van der Waals surface area contributed by atoms with Crippen LogP contribution in [0.1, 0.15) is 23.1 Å². The SMILES string of the molecule is COC(=O)[C@@H](C[C@](O)(C(=O)OC)[C@H]1Cc2c(oc3cc(C)cc(O)c3c2=O)S1)OC(=O)[C@@](OC)(c1ccccc1)C(F)(F)F. The van der Waals surface area contributed by atoms with Gasteiger partial charge < -0.3 is 33.6 Å². The van der Waals surface area contributed by atoms with E-state index in [9.17, 15) is 42.6 Å². The molecule has 11 nitrogen and oxygen atoms in total. The quantitative estimate of drug-likeness (QED) is 0.260. The van der Waals surface area contributed by atoms with Crippen molar-refractivity contribution in [1.29, 1.82) is 0 Å². The average molecular weight is 641 g/mol. The van der Waals surface area contributed by atoms with Crippen LogP contribution in [0, 0.1) is 6.92 Å². The number of ether oxygens (including phenoxy) is 4. The van der Waals surface area contributed by atoms with E-state index in [-0.39, 0.29) is 33.8 Å². The monoisotopic (exact) mass is 640 g/mol. The van der Waals surface area contributed by atoms with E-state index in [1.807, 2.05) is 0 Å². The molecule has 0 saturated carbocycles. The number of hydrogen-bond acceptors (Lipinski definition) is 12. The Bertz CT molecular complexity index is 1660. The molecule has 4 atom stereocenters. The van der Waals surface area contributed by atoms with E-state index in [1.54, 1.807) is 6.92 Å². The third kappa shape index (κ3) is 5.50. The molecule has 0 aliphatic carbocycles. The van der Waals surface area contributed by atoms with Gasteiger partial charge in [0.2, 0.25) is 11.5 Å². The van der Waals surface area contributed by atoms with Gasteiger partial charge in [-0.25, -0.2) is 14.4 Å². The predicted octanol–water partition coefficient (Wildman–Crippen LogP) is 3.31. The number of carbonyl (C=O) groups is 3. The molecule has 236 valence electrons. The van der Waals surface area contributed by atoms with E-state index in [0.29, 0.717) is 12.7 Å². The number of halogens is 3. The number of rotatable bonds is 9. The van der Waals surface area contributed by atoms with Gasteiger partial charge in [-0.15, -0.1) is 0 Å². The molecule has 0 amide bonds. The Morgan fingerprint density at radius 2 is 1.73 bits per heavy atom. The lowest BCUT2D eigenvalue weighted by molar-refractivity contribution is -0.279. The fraction of sp³-hybridized carbons (Fsp3) is 0.379. The molecular formula is C29H27F3O11S. The maximum Gasteiger partial charge on any atom is 0.432 e. The highest BCUT2D eigenvalue weighted by atomic mass is 32.2. The number of aromatic hydroxyl groups is 1. The lowest BCUT2D eigenvalue weighted by Gasteiger charge is -2.35. The van der Waals surface area contributed by atoms with Crippen LogP contribution in [0.2, 0.25) is 0 Å². The van der Waals surface area contributed by atoms with Gasteiger partial charge in [-0.05, 0) is 31.0 Å². The topological polar surface area (TPSA) is 159 Å². The summed E-state index contributed by atoms with van der Waals surface area (Å²) in [5.41, 5.74) is -7.15. The van der Waals surface area contributed by atoms with E-state index >= 15 is 0 Å². The third-order valence-electron chi connectivity index (χ3n) is 7.27. The number of esters is 3. The molecule has 2 heterocycles. The van der Waals surface area contributed by atoms with Gasteiger partial charge in [-0.1, -0.05) is 42.1 Å². The van der Waals surface area contributed by atoms with Crippen LogP contribution in [0.15, 0.2) is 56.8 Å². The summed E-state index contributed by atoms with van der Waals surface area (Å²) >= 11 is 0.722. The minimum Gasteiger partial charge on any atom is -0.507 e. The maximum absolute atomic E-state index is 14.4. The van der Waals surface area contributed by atoms with Crippen molar-refractivity contribution in [3.8, 4) is 5.75 Å². The Morgan fingerprint density at radius 3 is 2.30 bits per heavy atom. The molecule has 44 heavy (non-hydrogen) atoms. The van der Waals surface area contributed by atoms with Crippen LogP contribution in [-0.4, -0.2) is 72.6 Å². The summed E-state index contributed by atoms with van der Waals surface area (Å²) in [5, 5.41) is 20.6. The normalized spacial score (nSPS) is 18.0. The Hall–Kier alpha value is -4.08. The van der Waals surface area contributed by atoms with E-state index in [2.05, 4.69) is 4.74 Å². The molecule has 4 rings (SSSR count). The minimum absolute atomic E-state index is 0.00834. The Morgan fingerprint density at radius 1 is 1.07 bits per heavy atom. The first kappa shape index (κ1) is 32.8. The van der Waals surface area contributed by atoms with Crippen LogP contribution in [-0.2, 0) is 45.4 Å². The molecule has 1 aliphatic heterocycles. The van der Waals surface area contributed by atoms with Crippen molar-refractivity contribution in [1.82, 2.24) is 0 Å². The van der Waals surface area contributed by atoms with Crippen LogP contribution >= 0.6 is 11.8 Å². The molecule has 2 N–H and O–H groups in total. The number of phenolic OH excluding ortho intramolecular Hbond substituents is 1. The summed E-state index contributed by atoms with van der Waals surface area (Å²) in [6.45, 7) is 1.65. The Kier molecular flexibility index (Phi) is 9.05. The molecule has 2 aromatic carbocycles. The summed E-state index contributed by atoms with van der Waals surface area (Å²) in [7, 11) is 2.39. The Labute approximate surface area is 251 Å². The number of fused-ring (bicyclic) bond motifs is 2. The van der Waals surface area contributed by atoms with Gasteiger partial charge in [0.05, 0.1) is 25.0 Å². The first-order chi connectivity index (χ1) is 20.6. The second-order valence-corrected chi connectivity index (χ2v) is 11.1. The first-order valence-electron chi connectivity index (χ1n) is 12.9. The van der Waals surface area contributed by atoms with Crippen LogP contribution < -0.4 is 5.43 Å². The number of methoxy groups -OCH3 is 3. The smallest absolute Gasteiger partial charge is 0.432 e. The zero-order valence-corrected chi connectivity index (χ0v) is 24.5. The fourth-order valence-electron chi connectivity index (χ4n) is 5.05. The van der Waals surface area contributed by atoms with Crippen molar-refractivity contribution in [2.75, 3.05) is 21.3 Å². The molecule has 0 radical (unpaired) electrons. The molecule has 0 bridgehead atoms. The molecule has 0 spiro atoms. The number of thioether (sulfide) groups is 1. The summed E-state index contributed by atoms with van der Waals surface area (Å²) < 4.78 is 68.2. The van der Waals surface area contributed by atoms with Crippen molar-refractivity contribution in [2.45, 2.75) is 53.6 Å². The van der Waals surface area contributed by atoms with E-state index in [4.69, 9.17) is 18.6 Å². The van der Waals surface area contributed by atoms with Gasteiger partial charge in [0.25, 0.3) is 5.60 Å². The van der Waals surface area contributed by atoms with Crippen molar-refractivity contribution in [3.63, 3.8) is 0 Å². The molecule has 15 heteroatoms. The number of aliphatic hydroxyl groups is 1. The number of alkyl halides is 3. The van der Waals surface area contributed by atoms with Crippen LogP contribution in [0.25, 0.3) is 11.0 Å². The largest absolute Gasteiger partial charge is 0.507 e. The lowest BCUT2D eigenvalue weighted by atomic mass is 9.88. The highest BCUT2D eigenvalue weighted by Gasteiger charge is 2.65. The van der Waals surface area contributed by atoms with Gasteiger partial charge in [0.1, 0.15) is 16.7 Å². The van der Waals surface area contributed by atoms with Crippen molar-refractivity contribution >= 4 is 40.6 Å². The van der Waals surface area contributed by atoms with Crippen molar-refractivity contribution in [3.05, 3.63) is 69.4 Å². The maximum atomic E-state index is 14.4. The summed E-state index contributed by atoms with van der Waals surface area (Å²) in [6, 6.07) is 8.64. The first-order valence-corrected chi connectivity index (χ1v) is 13.8. The highest BCUT2D eigenvalue weighted by molar-refractivity contribution is 8.00. The van der Waals surface area contributed by atoms with Gasteiger partial charge in [-0.3, -0.25) is 4.79 Å². The van der Waals surface area contributed by atoms with Gasteiger partial charge in [0.15, 0.2) is 10.7 Å². The summed E-state index contributed by atoms with van der Waals surface area (Å²) in [6.07, 6.45) is -9.15. The zero-order valence-electron chi connectivity index (χ0n) is 23.7. The zero-order chi connectivity index (χ0) is 32.6. The van der Waals surface area contributed by atoms with Gasteiger partial charge in [0, 0.05) is 19.1 Å². The minimum atomic E-state index is -5.39. The lowest BCUT2D eigenvalue weighted by Crippen LogP contribution is -2.56. The molecule has 1 aliphatic rings. The molecule has 0 saturated heterocycles. The number of hydrogen-bond donors (Lipinski definition) is 2. The number of carbonyl (C=O) groups excluding carboxylic acids is 3. The third-order valence-corrected chi connectivity index (χ3v) is 8.65. The number of aryl methyl sites for hydroxylation is 1. The molecular weight excluding hydrogens is 613 g/mol. The number of phenols is 1. The van der Waals surface area contributed by atoms with Crippen molar-refractivity contribution in [2.24, 2.45) is 0 Å². The second kappa shape index (κ2) is 12.1. The second-order valence-electron chi connectivity index (χ2n) is 9.95. The van der Waals surface area contributed by atoms with Crippen molar-refractivity contribution < 1.29 is 61.1 Å². The summed E-state index contributed by atoms with van der Waals surface area (Å²) in [5.74, 6) is -5.17. The van der Waals surface area contributed by atoms with Crippen LogP contribution in [0.4, 0.5) is 13.2 Å². The van der Waals surface area contributed by atoms with Crippen LogP contribution in [0.5, 0.6) is 5.75 Å². The van der Waals surface area contributed by atoms with Gasteiger partial charge in [-0.2, -0.15) is 13.2 Å². The molecule has 1 aromatic heterocycles.